The van der Waals surface area contributed by atoms with Gasteiger partial charge in [0.05, 0.1) is 12.6 Å². The van der Waals surface area contributed by atoms with Crippen LogP contribution < -0.4 is 4.74 Å². The van der Waals surface area contributed by atoms with E-state index in [2.05, 4.69) is 15.5 Å². The van der Waals surface area contributed by atoms with Crippen LogP contribution in [0.1, 0.15) is 43.5 Å². The summed E-state index contributed by atoms with van der Waals surface area (Å²) >= 11 is 0. The molecule has 1 atom stereocenters. The summed E-state index contributed by atoms with van der Waals surface area (Å²) in [7, 11) is 0. The molecular weight excluding hydrogens is 346 g/mol. The van der Waals surface area contributed by atoms with Gasteiger partial charge in [-0.05, 0) is 49.2 Å². The number of carbonyl (C=O) groups excluding carboxylic acids is 2. The smallest absolute Gasteiger partial charge is 0.224 e. The third-order valence-electron chi connectivity index (χ3n) is 4.58. The van der Waals surface area contributed by atoms with Crippen molar-refractivity contribution in [1.82, 2.24) is 25.1 Å². The van der Waals surface area contributed by atoms with Crippen LogP contribution in [-0.2, 0) is 11.3 Å². The summed E-state index contributed by atoms with van der Waals surface area (Å²) in [4.78, 5) is 27.2. The molecule has 0 unspecified atom stereocenters. The lowest BCUT2D eigenvalue weighted by Gasteiger charge is -2.32. The molecule has 8 nitrogen and oxygen atoms in total. The van der Waals surface area contributed by atoms with Gasteiger partial charge in [-0.1, -0.05) is 12.1 Å². The highest BCUT2D eigenvalue weighted by molar-refractivity contribution is 5.98. The number of amides is 1. The molecule has 144 valence electrons. The van der Waals surface area contributed by atoms with Crippen molar-refractivity contribution in [3.8, 4) is 5.75 Å². The van der Waals surface area contributed by atoms with Crippen molar-refractivity contribution in [3.63, 3.8) is 0 Å². The van der Waals surface area contributed by atoms with Gasteiger partial charge in [0, 0.05) is 31.0 Å². The second-order valence-corrected chi connectivity index (χ2v) is 7.06. The van der Waals surface area contributed by atoms with Gasteiger partial charge in [0.25, 0.3) is 0 Å². The molecule has 1 aliphatic heterocycles. The van der Waals surface area contributed by atoms with E-state index in [0.29, 0.717) is 37.4 Å². The summed E-state index contributed by atoms with van der Waals surface area (Å²) in [5, 5.41) is 10.9. The Bertz CT molecular complexity index is 775. The molecule has 1 fully saturated rings. The van der Waals surface area contributed by atoms with Crippen molar-refractivity contribution in [2.75, 3.05) is 13.1 Å². The lowest BCUT2D eigenvalue weighted by Crippen LogP contribution is -2.42. The van der Waals surface area contributed by atoms with Crippen LogP contribution in [0.5, 0.6) is 5.75 Å². The molecule has 2 aromatic rings. The molecule has 0 saturated carbocycles. The first-order valence-electron chi connectivity index (χ1n) is 9.32. The molecule has 1 amide bonds. The van der Waals surface area contributed by atoms with Crippen LogP contribution in [0.2, 0.25) is 0 Å². The fourth-order valence-electron chi connectivity index (χ4n) is 3.30. The van der Waals surface area contributed by atoms with Crippen LogP contribution in [0.15, 0.2) is 30.6 Å². The Kier molecular flexibility index (Phi) is 6.16. The molecule has 0 aliphatic carbocycles. The van der Waals surface area contributed by atoms with E-state index in [0.717, 1.165) is 12.8 Å². The fraction of sp³-hybridized carbons (Fsp3) is 0.526. The monoisotopic (exact) mass is 371 g/mol. The number of piperidine rings is 1. The van der Waals surface area contributed by atoms with E-state index in [1.807, 2.05) is 32.0 Å². The van der Waals surface area contributed by atoms with Gasteiger partial charge in [-0.15, -0.1) is 5.10 Å². The number of Topliss-reactive ketones (excluding diaryl/α,β-unsaturated/α-hetero) is 1. The van der Waals surface area contributed by atoms with Gasteiger partial charge in [0.2, 0.25) is 5.91 Å². The van der Waals surface area contributed by atoms with E-state index < -0.39 is 0 Å². The predicted molar refractivity (Wildman–Crippen MR) is 98.3 cm³/mol. The normalized spacial score (nSPS) is 17.1. The number of aromatic nitrogens is 4. The van der Waals surface area contributed by atoms with E-state index in [1.165, 1.54) is 11.0 Å². The minimum absolute atomic E-state index is 0.0277. The summed E-state index contributed by atoms with van der Waals surface area (Å²) in [5.74, 6) is 0.619. The minimum atomic E-state index is -0.176. The van der Waals surface area contributed by atoms with Gasteiger partial charge in [-0.25, -0.2) is 4.68 Å². The standard InChI is InChI=1S/C19H25N5O3/c1-14(2)27-17-7-3-5-15(11-17)19(26)16-6-4-9-23(12-16)18(25)8-10-24-13-20-21-22-24/h3,5,7,11,13-14,16H,4,6,8-10,12H2,1-2H3/t16-/m0/s1. The number of likely N-dealkylation sites (tertiary alicyclic amines) is 1. The maximum atomic E-state index is 12.9. The van der Waals surface area contributed by atoms with Gasteiger partial charge >= 0.3 is 0 Å². The molecule has 27 heavy (non-hydrogen) atoms. The van der Waals surface area contributed by atoms with E-state index in [1.54, 1.807) is 11.0 Å². The van der Waals surface area contributed by atoms with E-state index >= 15 is 0 Å². The second-order valence-electron chi connectivity index (χ2n) is 7.06. The molecule has 8 heteroatoms. The number of ether oxygens (including phenoxy) is 1. The first-order chi connectivity index (χ1) is 13.0. The highest BCUT2D eigenvalue weighted by atomic mass is 16.5. The quantitative estimate of drug-likeness (QED) is 0.691. The van der Waals surface area contributed by atoms with Crippen LogP contribution in [0.3, 0.4) is 0 Å². The summed E-state index contributed by atoms with van der Waals surface area (Å²) < 4.78 is 7.22. The molecule has 1 aromatic heterocycles. The maximum Gasteiger partial charge on any atom is 0.224 e. The zero-order chi connectivity index (χ0) is 19.2. The van der Waals surface area contributed by atoms with E-state index in [4.69, 9.17) is 4.74 Å². The van der Waals surface area contributed by atoms with Crippen molar-refractivity contribution in [2.45, 2.75) is 45.8 Å². The van der Waals surface area contributed by atoms with Crippen LogP contribution >= 0.6 is 0 Å². The van der Waals surface area contributed by atoms with Crippen molar-refractivity contribution in [3.05, 3.63) is 36.2 Å². The predicted octanol–water partition coefficient (Wildman–Crippen LogP) is 1.97. The minimum Gasteiger partial charge on any atom is -0.491 e. The Balaban J connectivity index is 1.60. The molecule has 0 radical (unpaired) electrons. The van der Waals surface area contributed by atoms with Gasteiger partial charge in [-0.2, -0.15) is 0 Å². The first kappa shape index (κ1) is 19.0. The number of aryl methyl sites for hydroxylation is 1. The lowest BCUT2D eigenvalue weighted by atomic mass is 9.89. The summed E-state index contributed by atoms with van der Waals surface area (Å²) in [6.45, 7) is 5.50. The summed E-state index contributed by atoms with van der Waals surface area (Å²) in [6, 6.07) is 7.30. The van der Waals surface area contributed by atoms with Crippen molar-refractivity contribution in [1.29, 1.82) is 0 Å². The zero-order valence-corrected chi connectivity index (χ0v) is 15.7. The Labute approximate surface area is 158 Å². The second kappa shape index (κ2) is 8.75. The molecular formula is C19H25N5O3. The Morgan fingerprint density at radius 1 is 1.33 bits per heavy atom. The third-order valence-corrected chi connectivity index (χ3v) is 4.58. The molecule has 0 bridgehead atoms. The average Bonchev–Trinajstić information content (AvgIpc) is 3.19. The van der Waals surface area contributed by atoms with Crippen molar-refractivity contribution >= 4 is 11.7 Å². The average molecular weight is 371 g/mol. The molecule has 0 spiro atoms. The number of tetrazole rings is 1. The molecule has 3 rings (SSSR count). The molecule has 1 aliphatic rings. The largest absolute Gasteiger partial charge is 0.491 e. The van der Waals surface area contributed by atoms with E-state index in [9.17, 15) is 9.59 Å². The number of hydrogen-bond acceptors (Lipinski definition) is 6. The number of rotatable bonds is 7. The molecule has 2 heterocycles. The fourth-order valence-corrected chi connectivity index (χ4v) is 3.30. The number of carbonyl (C=O) groups is 2. The van der Waals surface area contributed by atoms with Gasteiger partial charge in [0.1, 0.15) is 12.1 Å². The number of hydrogen-bond donors (Lipinski definition) is 0. The topological polar surface area (TPSA) is 90.2 Å². The molecule has 0 N–H and O–H groups in total. The maximum absolute atomic E-state index is 12.9. The molecule has 1 aromatic carbocycles. The number of ketones is 1. The number of nitrogens with zero attached hydrogens (tertiary/aromatic N) is 5. The van der Waals surface area contributed by atoms with Gasteiger partial charge in [-0.3, -0.25) is 9.59 Å². The highest BCUT2D eigenvalue weighted by Crippen LogP contribution is 2.24. The highest BCUT2D eigenvalue weighted by Gasteiger charge is 2.29. The zero-order valence-electron chi connectivity index (χ0n) is 15.7. The van der Waals surface area contributed by atoms with Gasteiger partial charge in [0.15, 0.2) is 5.78 Å². The first-order valence-corrected chi connectivity index (χ1v) is 9.32. The van der Waals surface area contributed by atoms with Crippen LogP contribution in [0.4, 0.5) is 0 Å². The van der Waals surface area contributed by atoms with Gasteiger partial charge < -0.3 is 9.64 Å². The summed E-state index contributed by atoms with van der Waals surface area (Å²) in [5.41, 5.74) is 0.640. The SMILES string of the molecule is CC(C)Oc1cccc(C(=O)[C@H]2CCCN(C(=O)CCn3cnnn3)C2)c1. The van der Waals surface area contributed by atoms with Crippen LogP contribution in [-0.4, -0.2) is 56.0 Å². The Morgan fingerprint density at radius 2 is 2.19 bits per heavy atom. The third kappa shape index (κ3) is 5.12. The van der Waals surface area contributed by atoms with E-state index in [-0.39, 0.29) is 23.7 Å². The summed E-state index contributed by atoms with van der Waals surface area (Å²) in [6.07, 6.45) is 3.49. The number of benzene rings is 1. The van der Waals surface area contributed by atoms with Crippen LogP contribution in [0.25, 0.3) is 0 Å². The van der Waals surface area contributed by atoms with Crippen LogP contribution in [0, 0.1) is 5.92 Å². The van der Waals surface area contributed by atoms with Crippen molar-refractivity contribution < 1.29 is 14.3 Å². The molecule has 1 saturated heterocycles. The van der Waals surface area contributed by atoms with Crippen molar-refractivity contribution in [2.24, 2.45) is 5.92 Å². The lowest BCUT2D eigenvalue weighted by molar-refractivity contribution is -0.132. The Morgan fingerprint density at radius 3 is 2.93 bits per heavy atom. The Hall–Kier alpha value is -2.77.